The second-order valence-electron chi connectivity index (χ2n) is 3.41. The van der Waals surface area contributed by atoms with E-state index in [0.29, 0.717) is 6.61 Å². The topological polar surface area (TPSA) is 90.7 Å². The van der Waals surface area contributed by atoms with Crippen LogP contribution >= 0.6 is 24.4 Å². The lowest BCUT2D eigenvalue weighted by molar-refractivity contribution is 0.195. The molecule has 0 aliphatic carbocycles. The third kappa shape index (κ3) is 46.8. The average Bonchev–Trinajstić information content (AvgIpc) is 2.37. The minimum Gasteiger partial charge on any atom is -0.471 e. The average molecular weight is 313 g/mol. The van der Waals surface area contributed by atoms with Gasteiger partial charge in [-0.25, -0.2) is 0 Å². The first-order valence-corrected chi connectivity index (χ1v) is 7.23. The molecule has 0 aromatic rings. The van der Waals surface area contributed by atoms with Crippen LogP contribution in [0.25, 0.3) is 0 Å². The van der Waals surface area contributed by atoms with Crippen LogP contribution in [-0.2, 0) is 9.47 Å². The molecule has 0 rings (SSSR count). The molecule has 116 valence electrons. The van der Waals surface area contributed by atoms with E-state index in [1.807, 2.05) is 0 Å². The van der Waals surface area contributed by atoms with E-state index < -0.39 is 0 Å². The number of hydrogen-bond acceptors (Lipinski definition) is 5. The van der Waals surface area contributed by atoms with Gasteiger partial charge in [0.25, 0.3) is 10.3 Å². The van der Waals surface area contributed by atoms with Crippen molar-refractivity contribution in [3.63, 3.8) is 0 Å². The molecule has 0 saturated carbocycles. The summed E-state index contributed by atoms with van der Waals surface area (Å²) in [4.78, 5) is 0. The summed E-state index contributed by atoms with van der Waals surface area (Å²) in [5.41, 5.74) is 9.92. The largest absolute Gasteiger partial charge is 0.471 e. The van der Waals surface area contributed by atoms with Gasteiger partial charge in [0.05, 0.1) is 13.2 Å². The molecular formula is C12H28N2O3S2. The molecule has 0 aliphatic heterocycles. The smallest absolute Gasteiger partial charge is 0.254 e. The highest BCUT2D eigenvalue weighted by Gasteiger charge is 1.85. The van der Waals surface area contributed by atoms with Crippen LogP contribution < -0.4 is 11.5 Å². The molecule has 0 aromatic carbocycles. The summed E-state index contributed by atoms with van der Waals surface area (Å²) in [6, 6.07) is 0. The van der Waals surface area contributed by atoms with E-state index in [1.54, 1.807) is 0 Å². The maximum Gasteiger partial charge on any atom is 0.254 e. The second-order valence-corrected chi connectivity index (χ2v) is 4.22. The molecule has 0 fully saturated rings. The monoisotopic (exact) mass is 312 g/mol. The van der Waals surface area contributed by atoms with Gasteiger partial charge in [-0.1, -0.05) is 40.0 Å². The number of hydrogen-bond donors (Lipinski definition) is 3. The van der Waals surface area contributed by atoms with Crippen LogP contribution in [-0.4, -0.2) is 35.3 Å². The number of nitrogens with two attached hydrogens (primary N) is 2. The molecule has 7 heteroatoms. The highest BCUT2D eigenvalue weighted by Crippen LogP contribution is 1.86. The number of aliphatic hydroxyl groups is 1. The van der Waals surface area contributed by atoms with E-state index in [4.69, 9.17) is 21.3 Å². The van der Waals surface area contributed by atoms with Crippen LogP contribution in [0, 0.1) is 0 Å². The van der Waals surface area contributed by atoms with Crippen molar-refractivity contribution >= 4 is 34.8 Å². The Morgan fingerprint density at radius 2 is 1.32 bits per heavy atom. The molecule has 0 heterocycles. The van der Waals surface area contributed by atoms with E-state index in [9.17, 15) is 0 Å². The van der Waals surface area contributed by atoms with Crippen LogP contribution in [0.5, 0.6) is 0 Å². The summed E-state index contributed by atoms with van der Waals surface area (Å²) in [7, 11) is 0. The Kier molecular flexibility index (Phi) is 27.8. The van der Waals surface area contributed by atoms with Gasteiger partial charge in [-0.3, -0.25) is 0 Å². The van der Waals surface area contributed by atoms with E-state index in [0.717, 1.165) is 12.8 Å². The summed E-state index contributed by atoms with van der Waals surface area (Å²) in [5, 5.41) is 8.21. The highest BCUT2D eigenvalue weighted by molar-refractivity contribution is 7.80. The van der Waals surface area contributed by atoms with Crippen molar-refractivity contribution in [2.24, 2.45) is 11.5 Å². The van der Waals surface area contributed by atoms with Crippen molar-refractivity contribution in [2.75, 3.05) is 19.8 Å². The Labute approximate surface area is 127 Å². The van der Waals surface area contributed by atoms with Crippen LogP contribution in [0.2, 0.25) is 0 Å². The van der Waals surface area contributed by atoms with E-state index >= 15 is 0 Å². The predicted molar refractivity (Wildman–Crippen MR) is 88.1 cm³/mol. The van der Waals surface area contributed by atoms with Crippen molar-refractivity contribution < 1.29 is 14.6 Å². The van der Waals surface area contributed by atoms with E-state index in [1.165, 1.54) is 12.8 Å². The highest BCUT2D eigenvalue weighted by atomic mass is 32.1. The van der Waals surface area contributed by atoms with Gasteiger partial charge in [-0.2, -0.15) is 0 Å². The fraction of sp³-hybridized carbons (Fsp3) is 0.833. The predicted octanol–water partition coefficient (Wildman–Crippen LogP) is 2.09. The summed E-state index contributed by atoms with van der Waals surface area (Å²) in [6.07, 6.45) is 4.78. The molecular weight excluding hydrogens is 284 g/mol. The quantitative estimate of drug-likeness (QED) is 0.511. The second kappa shape index (κ2) is 22.5. The fourth-order valence-corrected chi connectivity index (χ4v) is 0.630. The molecule has 0 aromatic heterocycles. The maximum atomic E-state index is 8.07. The lowest BCUT2D eigenvalue weighted by Crippen LogP contribution is -2.14. The molecule has 19 heavy (non-hydrogen) atoms. The van der Waals surface area contributed by atoms with Gasteiger partial charge in [0.15, 0.2) is 0 Å². The summed E-state index contributed by atoms with van der Waals surface area (Å²) in [5.74, 6) is 0. The van der Waals surface area contributed by atoms with Gasteiger partial charge in [0.2, 0.25) is 0 Å². The van der Waals surface area contributed by atoms with Crippen molar-refractivity contribution in [3.05, 3.63) is 0 Å². The zero-order valence-corrected chi connectivity index (χ0v) is 13.8. The minimum absolute atomic E-state index is 0.0194. The van der Waals surface area contributed by atoms with E-state index in [-0.39, 0.29) is 23.6 Å². The standard InChI is InChI=1S/C5H11NOS.C4H10.C3H7NO2S/c1-2-3-4-7-5(6)8;1-3-4-2;4-3(7)6-2-1-5/h2-4H2,1H3,(H2,6,8);3-4H2,1-2H3;5H,1-2H2,(H2,4,7). The Balaban J connectivity index is -0.000000214. The number of unbranched alkanes of at least 4 members (excludes halogenated alkanes) is 2. The molecule has 0 aliphatic rings. The Morgan fingerprint density at radius 3 is 1.53 bits per heavy atom. The molecule has 0 saturated heterocycles. The Morgan fingerprint density at radius 1 is 0.895 bits per heavy atom. The molecule has 0 atom stereocenters. The number of aliphatic hydroxyl groups excluding tert-OH is 1. The van der Waals surface area contributed by atoms with Crippen LogP contribution in [0.15, 0.2) is 0 Å². The van der Waals surface area contributed by atoms with Crippen LogP contribution in [0.3, 0.4) is 0 Å². The third-order valence-electron chi connectivity index (χ3n) is 1.58. The molecule has 0 radical (unpaired) electrons. The summed E-state index contributed by atoms with van der Waals surface area (Å²) < 4.78 is 9.24. The van der Waals surface area contributed by atoms with Crippen molar-refractivity contribution in [1.29, 1.82) is 0 Å². The first kappa shape index (κ1) is 23.4. The molecule has 5 N–H and O–H groups in total. The normalized spacial score (nSPS) is 8.21. The zero-order chi connectivity index (χ0) is 15.5. The maximum absolute atomic E-state index is 8.07. The number of rotatable bonds is 6. The van der Waals surface area contributed by atoms with Crippen LogP contribution in [0.1, 0.15) is 46.5 Å². The lowest BCUT2D eigenvalue weighted by atomic mass is 10.4. The van der Waals surface area contributed by atoms with Crippen molar-refractivity contribution in [3.8, 4) is 0 Å². The fourth-order valence-electron chi connectivity index (χ4n) is 0.463. The molecule has 0 spiro atoms. The Bertz CT molecular complexity index is 203. The molecule has 0 amide bonds. The molecule has 0 unspecified atom stereocenters. The van der Waals surface area contributed by atoms with Crippen LogP contribution in [0.4, 0.5) is 0 Å². The Hall–Kier alpha value is -0.660. The van der Waals surface area contributed by atoms with Gasteiger partial charge in [0.1, 0.15) is 6.61 Å². The van der Waals surface area contributed by atoms with Gasteiger partial charge >= 0.3 is 0 Å². The first-order valence-electron chi connectivity index (χ1n) is 6.41. The first-order chi connectivity index (χ1) is 8.95. The SMILES string of the molecule is CCCC.CCCCOC(N)=S.NC(=S)OCCO. The molecule has 5 nitrogen and oxygen atoms in total. The van der Waals surface area contributed by atoms with Gasteiger partial charge in [-0.15, -0.1) is 0 Å². The summed E-state index contributed by atoms with van der Waals surface area (Å²) >= 11 is 8.77. The van der Waals surface area contributed by atoms with Gasteiger partial charge in [0, 0.05) is 0 Å². The third-order valence-corrected chi connectivity index (χ3v) is 1.81. The van der Waals surface area contributed by atoms with Gasteiger partial charge in [-0.05, 0) is 30.9 Å². The molecule has 0 bridgehead atoms. The van der Waals surface area contributed by atoms with Crippen molar-refractivity contribution in [2.45, 2.75) is 46.5 Å². The zero-order valence-electron chi connectivity index (χ0n) is 12.2. The van der Waals surface area contributed by atoms with Gasteiger partial charge < -0.3 is 26.0 Å². The number of thiocarbonyl (C=S) groups is 2. The van der Waals surface area contributed by atoms with Crippen molar-refractivity contribution in [1.82, 2.24) is 0 Å². The lowest BCUT2D eigenvalue weighted by Gasteiger charge is -1.98. The number of ether oxygens (including phenoxy) is 2. The minimum atomic E-state index is -0.0443. The summed E-state index contributed by atoms with van der Waals surface area (Å²) in [6.45, 7) is 7.25. The van der Waals surface area contributed by atoms with E-state index in [2.05, 4.69) is 49.9 Å².